The number of rotatable bonds is 6. The van der Waals surface area contributed by atoms with E-state index in [1.807, 2.05) is 91.0 Å². The van der Waals surface area contributed by atoms with E-state index < -0.39 is 21.1 Å². The van der Waals surface area contributed by atoms with E-state index in [1.54, 1.807) is 13.2 Å². The number of halogens is 2. The summed E-state index contributed by atoms with van der Waals surface area (Å²) in [6, 6.07) is 30.4. The lowest BCUT2D eigenvalue weighted by atomic mass is 10.0. The highest BCUT2D eigenvalue weighted by Gasteiger charge is 2.37. The number of epoxide rings is 1. The van der Waals surface area contributed by atoms with Crippen molar-refractivity contribution in [3.63, 3.8) is 0 Å². The Morgan fingerprint density at radius 2 is 1.50 bits per heavy atom. The maximum Gasteiger partial charge on any atom is 0.597 e. The van der Waals surface area contributed by atoms with Crippen LogP contribution >= 0.6 is 52.3 Å². The zero-order valence-corrected chi connectivity index (χ0v) is 30.3. The van der Waals surface area contributed by atoms with E-state index in [2.05, 4.69) is 37.2 Å². The van der Waals surface area contributed by atoms with Crippen molar-refractivity contribution in [1.82, 2.24) is 0 Å². The molecule has 7 rings (SSSR count). The minimum atomic E-state index is -3.15. The van der Waals surface area contributed by atoms with Gasteiger partial charge in [0.1, 0.15) is 11.9 Å². The van der Waals surface area contributed by atoms with Gasteiger partial charge in [-0.2, -0.15) is 0 Å². The quantitative estimate of drug-likeness (QED) is 0.0782. The first kappa shape index (κ1) is 35.0. The van der Waals surface area contributed by atoms with E-state index in [0.717, 1.165) is 40.2 Å². The molecule has 3 heterocycles. The van der Waals surface area contributed by atoms with Gasteiger partial charge in [-0.1, -0.05) is 66.7 Å². The van der Waals surface area contributed by atoms with Crippen LogP contribution in [0.4, 0.5) is 0 Å². The summed E-state index contributed by atoms with van der Waals surface area (Å²) in [5.74, 6) is 0.601. The van der Waals surface area contributed by atoms with Crippen LogP contribution in [0.25, 0.3) is 32.6 Å². The van der Waals surface area contributed by atoms with Crippen LogP contribution in [0.1, 0.15) is 0 Å². The monoisotopic (exact) mass is 861 g/mol. The van der Waals surface area contributed by atoms with Gasteiger partial charge in [0, 0.05) is 67.8 Å². The van der Waals surface area contributed by atoms with Crippen molar-refractivity contribution in [2.45, 2.75) is 12.2 Å². The summed E-state index contributed by atoms with van der Waals surface area (Å²) >= 11 is 4.24. The van der Waals surface area contributed by atoms with Crippen LogP contribution in [0, 0.1) is 0 Å². The zero-order valence-electron chi connectivity index (χ0n) is 24.2. The average molecular weight is 861 g/mol. The summed E-state index contributed by atoms with van der Waals surface area (Å²) < 4.78 is 50.7. The van der Waals surface area contributed by atoms with Crippen molar-refractivity contribution in [2.75, 3.05) is 40.2 Å². The van der Waals surface area contributed by atoms with Gasteiger partial charge in [0.25, 0.3) is 7.37 Å². The van der Waals surface area contributed by atoms with Crippen molar-refractivity contribution in [2.24, 2.45) is 0 Å². The highest BCUT2D eigenvalue weighted by Crippen LogP contribution is 2.54. The summed E-state index contributed by atoms with van der Waals surface area (Å²) in [4.78, 5) is 0. The number of aliphatic hydroxyl groups is 1. The number of para-hydroxylation sites is 2. The SMILES string of the molecule is COCC(O)CP1(=O)Oc2ccccc2-c2ccccc21.COCC1CO1.II.O=[p+]1oc2ccccc2c2ccccc21. The molecule has 0 saturated carbocycles. The average Bonchev–Trinajstić information content (AvgIpc) is 3.88. The van der Waals surface area contributed by atoms with Gasteiger partial charge in [-0.15, -0.1) is 0 Å². The van der Waals surface area contributed by atoms with Crippen LogP contribution in [-0.4, -0.2) is 57.5 Å². The van der Waals surface area contributed by atoms with Crippen LogP contribution in [0.3, 0.4) is 0 Å². The van der Waals surface area contributed by atoms with Gasteiger partial charge in [-0.25, -0.2) is 4.20 Å². The minimum Gasteiger partial charge on any atom is -0.439 e. The summed E-state index contributed by atoms with van der Waals surface area (Å²) in [7, 11) is -1.71. The van der Waals surface area contributed by atoms with Crippen LogP contribution in [0.15, 0.2) is 101 Å². The van der Waals surface area contributed by atoms with E-state index in [4.69, 9.17) is 22.9 Å². The molecule has 1 saturated heterocycles. The van der Waals surface area contributed by atoms with Crippen molar-refractivity contribution >= 4 is 79.0 Å². The molecule has 1 N–H and O–H groups in total. The van der Waals surface area contributed by atoms with E-state index in [-0.39, 0.29) is 12.8 Å². The second-order valence-electron chi connectivity index (χ2n) is 9.84. The molecule has 4 atom stereocenters. The Kier molecular flexibility index (Phi) is 13.6. The number of ether oxygens (including phenoxy) is 3. The second-order valence-corrected chi connectivity index (χ2v) is 13.4. The van der Waals surface area contributed by atoms with Gasteiger partial charge in [0.15, 0.2) is 5.58 Å². The Hall–Kier alpha value is -1.89. The fourth-order valence-corrected chi connectivity index (χ4v) is 8.17. The molecule has 2 aliphatic rings. The van der Waals surface area contributed by atoms with Gasteiger partial charge in [0.05, 0.1) is 37.4 Å². The fourth-order valence-electron chi connectivity index (χ4n) is 4.75. The Labute approximate surface area is 280 Å². The lowest BCUT2D eigenvalue weighted by molar-refractivity contribution is 0.0773. The molecule has 0 radical (unpaired) electrons. The third-order valence-electron chi connectivity index (χ3n) is 6.72. The minimum absolute atomic E-state index is 0.0478. The van der Waals surface area contributed by atoms with E-state index in [1.165, 1.54) is 7.11 Å². The van der Waals surface area contributed by atoms with Gasteiger partial charge in [-0.3, -0.25) is 4.57 Å². The van der Waals surface area contributed by atoms with Gasteiger partial charge in [-0.05, 0) is 40.5 Å². The summed E-state index contributed by atoms with van der Waals surface area (Å²) in [5.41, 5.74) is 2.55. The molecule has 0 bridgehead atoms. The van der Waals surface area contributed by atoms with E-state index in [9.17, 15) is 14.2 Å². The van der Waals surface area contributed by atoms with Crippen molar-refractivity contribution in [3.8, 4) is 16.9 Å². The second kappa shape index (κ2) is 17.1. The molecular formula is C32H33I2O8P2+. The van der Waals surface area contributed by atoms with E-state index in [0.29, 0.717) is 22.7 Å². The Bertz CT molecular complexity index is 1780. The molecular weight excluding hydrogens is 828 g/mol. The van der Waals surface area contributed by atoms with Crippen molar-refractivity contribution < 1.29 is 37.2 Å². The predicted octanol–water partition coefficient (Wildman–Crippen LogP) is 8.79. The molecule has 0 aliphatic carbocycles. The molecule has 1 fully saturated rings. The molecule has 232 valence electrons. The fraction of sp³-hybridized carbons (Fsp3) is 0.250. The number of hydrogen-bond acceptors (Lipinski definition) is 8. The normalized spacial score (nSPS) is 18.5. The number of methoxy groups -OCH3 is 2. The molecule has 0 amide bonds. The van der Waals surface area contributed by atoms with Gasteiger partial charge in [0.2, 0.25) is 5.12 Å². The molecule has 2 aliphatic heterocycles. The highest BCUT2D eigenvalue weighted by atomic mass is 128. The Morgan fingerprint density at radius 3 is 2.18 bits per heavy atom. The highest BCUT2D eigenvalue weighted by molar-refractivity contribution is 15.0. The van der Waals surface area contributed by atoms with E-state index >= 15 is 0 Å². The Morgan fingerprint density at radius 1 is 0.886 bits per heavy atom. The third kappa shape index (κ3) is 8.88. The van der Waals surface area contributed by atoms with Gasteiger partial charge >= 0.3 is 7.65 Å². The molecule has 12 heteroatoms. The smallest absolute Gasteiger partial charge is 0.439 e. The van der Waals surface area contributed by atoms with Crippen LogP contribution in [0.5, 0.6) is 5.75 Å². The first-order valence-electron chi connectivity index (χ1n) is 13.7. The van der Waals surface area contributed by atoms with Crippen molar-refractivity contribution in [1.29, 1.82) is 0 Å². The lowest BCUT2D eigenvalue weighted by Crippen LogP contribution is -2.27. The number of benzene rings is 4. The molecule has 0 spiro atoms. The predicted molar refractivity (Wildman–Crippen MR) is 193 cm³/mol. The van der Waals surface area contributed by atoms with Crippen LogP contribution in [0.2, 0.25) is 0 Å². The molecule has 44 heavy (non-hydrogen) atoms. The summed E-state index contributed by atoms with van der Waals surface area (Å²) in [6.07, 6.45) is -0.346. The molecule has 4 aromatic carbocycles. The van der Waals surface area contributed by atoms with Crippen molar-refractivity contribution in [3.05, 3.63) is 97.1 Å². The first-order valence-corrected chi connectivity index (χ1v) is 22.9. The van der Waals surface area contributed by atoms with Crippen LogP contribution < -0.4 is 9.83 Å². The van der Waals surface area contributed by atoms with Gasteiger partial charge < -0.3 is 23.8 Å². The number of fused-ring (bicyclic) bond motifs is 6. The topological polar surface area (TPSA) is 108 Å². The Balaban J connectivity index is 0.000000166. The first-order chi connectivity index (χ1) is 21.4. The molecule has 5 aromatic rings. The maximum absolute atomic E-state index is 13.3. The van der Waals surface area contributed by atoms with Crippen LogP contribution in [-0.2, 0) is 23.3 Å². The lowest BCUT2D eigenvalue weighted by Gasteiger charge is -2.29. The largest absolute Gasteiger partial charge is 0.597 e. The zero-order chi connectivity index (χ0) is 31.5. The number of aliphatic hydroxyl groups excluding tert-OH is 1. The summed E-state index contributed by atoms with van der Waals surface area (Å²) in [5, 5.41) is 13.4. The number of hydrogen-bond donors (Lipinski definition) is 1. The molecule has 8 nitrogen and oxygen atoms in total. The molecule has 4 unspecified atom stereocenters. The third-order valence-corrected chi connectivity index (χ3v) is 10.4. The molecule has 1 aromatic heterocycles. The maximum atomic E-state index is 13.3. The summed E-state index contributed by atoms with van der Waals surface area (Å²) in [6.45, 7) is 1.80. The standard InChI is InChI=1S/C16H17O4P.C12H8O2P.C4H8O2.I2/c1-19-10-12(17)11-21(18)16-9-5-3-7-14(16)13-6-2-4-8-15(13)20-21;13-15-12-8-4-2-6-10(12)9-5-1-3-7-11(9)14-15;1-5-2-4-3-6-4;1-2/h2-9,12,17H,10-11H2,1H3;1-8H;4H,2-3H2,1H3;/q;+1;;.